The van der Waals surface area contributed by atoms with Gasteiger partial charge in [0.25, 0.3) is 0 Å². The summed E-state index contributed by atoms with van der Waals surface area (Å²) >= 11 is 0. The molecule has 2 rings (SSSR count). The largest absolute Gasteiger partial charge is 0.322 e. The number of nitrogens with zero attached hydrogens (tertiary/aromatic N) is 1. The molecule has 1 amide bonds. The minimum atomic E-state index is -0.333. The van der Waals surface area contributed by atoms with Crippen molar-refractivity contribution in [2.75, 3.05) is 6.54 Å². The van der Waals surface area contributed by atoms with E-state index >= 15 is 0 Å². The third kappa shape index (κ3) is 2.25. The van der Waals surface area contributed by atoms with E-state index in [2.05, 4.69) is 5.32 Å². The highest BCUT2D eigenvalue weighted by Gasteiger charge is 2.38. The molecule has 4 heteroatoms. The number of nitrogens with one attached hydrogen (secondary N) is 1. The van der Waals surface area contributed by atoms with Gasteiger partial charge in [0, 0.05) is 12.1 Å². The van der Waals surface area contributed by atoms with Crippen molar-refractivity contribution in [1.82, 2.24) is 10.2 Å². The van der Waals surface area contributed by atoms with Crippen LogP contribution < -0.4 is 5.32 Å². The number of halogens is 1. The first-order chi connectivity index (χ1) is 8.69. The van der Waals surface area contributed by atoms with Gasteiger partial charge >= 0.3 is 0 Å². The first-order valence-corrected chi connectivity index (χ1v) is 6.50. The zero-order valence-electron chi connectivity index (χ0n) is 10.8. The molecule has 1 aromatic carbocycles. The Hall–Kier alpha value is -1.42. The Bertz CT molecular complexity index is 436. The standard InChI is InChI=1S/C14H19FN2O/c1-3-7-12-14(18)17(4-2)13(16-12)10-8-5-6-9-11(10)15/h5-6,8-9,12-13,16H,3-4,7H2,1-2H3. The van der Waals surface area contributed by atoms with E-state index in [1.807, 2.05) is 13.8 Å². The molecule has 98 valence electrons. The van der Waals surface area contributed by atoms with E-state index < -0.39 is 0 Å². The molecule has 1 aliphatic rings. The average Bonchev–Trinajstić information content (AvgIpc) is 2.67. The first kappa shape index (κ1) is 13.0. The third-order valence-corrected chi connectivity index (χ3v) is 3.37. The monoisotopic (exact) mass is 250 g/mol. The lowest BCUT2D eigenvalue weighted by Gasteiger charge is -2.23. The molecular weight excluding hydrogens is 231 g/mol. The van der Waals surface area contributed by atoms with Crippen molar-refractivity contribution >= 4 is 5.91 Å². The first-order valence-electron chi connectivity index (χ1n) is 6.50. The molecule has 1 N–H and O–H groups in total. The van der Waals surface area contributed by atoms with Gasteiger partial charge in [-0.05, 0) is 19.4 Å². The molecule has 1 fully saturated rings. The molecule has 0 aromatic heterocycles. The van der Waals surface area contributed by atoms with E-state index in [0.717, 1.165) is 12.8 Å². The van der Waals surface area contributed by atoms with Crippen LogP contribution in [0.5, 0.6) is 0 Å². The highest BCUT2D eigenvalue weighted by molar-refractivity contribution is 5.84. The van der Waals surface area contributed by atoms with Crippen LogP contribution in [-0.2, 0) is 4.79 Å². The van der Waals surface area contributed by atoms with Crippen LogP contribution in [-0.4, -0.2) is 23.4 Å². The van der Waals surface area contributed by atoms with Crippen LogP contribution in [0.3, 0.4) is 0 Å². The van der Waals surface area contributed by atoms with Gasteiger partial charge in [-0.25, -0.2) is 4.39 Å². The van der Waals surface area contributed by atoms with Gasteiger partial charge < -0.3 is 4.90 Å². The Morgan fingerprint density at radius 3 is 2.67 bits per heavy atom. The van der Waals surface area contributed by atoms with E-state index in [1.54, 1.807) is 23.1 Å². The minimum Gasteiger partial charge on any atom is -0.322 e. The number of rotatable bonds is 4. The Labute approximate surface area is 107 Å². The summed E-state index contributed by atoms with van der Waals surface area (Å²) in [6, 6.07) is 6.44. The fourth-order valence-electron chi connectivity index (χ4n) is 2.47. The van der Waals surface area contributed by atoms with Gasteiger partial charge in [0.2, 0.25) is 5.91 Å². The summed E-state index contributed by atoms with van der Waals surface area (Å²) in [5, 5.41) is 3.24. The van der Waals surface area contributed by atoms with E-state index in [9.17, 15) is 9.18 Å². The number of carbonyl (C=O) groups is 1. The van der Waals surface area contributed by atoms with Gasteiger partial charge in [0.05, 0.1) is 6.04 Å². The van der Waals surface area contributed by atoms with Crippen LogP contribution in [0, 0.1) is 5.82 Å². The predicted molar refractivity (Wildman–Crippen MR) is 68.4 cm³/mol. The fraction of sp³-hybridized carbons (Fsp3) is 0.500. The summed E-state index contributed by atoms with van der Waals surface area (Å²) in [4.78, 5) is 13.9. The van der Waals surface area contributed by atoms with E-state index in [1.165, 1.54) is 6.07 Å². The van der Waals surface area contributed by atoms with Crippen molar-refractivity contribution in [3.8, 4) is 0 Å². The number of hydrogen-bond acceptors (Lipinski definition) is 2. The second-order valence-electron chi connectivity index (χ2n) is 4.56. The molecule has 3 nitrogen and oxygen atoms in total. The summed E-state index contributed by atoms with van der Waals surface area (Å²) in [5.41, 5.74) is 0.548. The molecule has 1 heterocycles. The SMILES string of the molecule is CCCC1NC(c2ccccc2F)N(CC)C1=O. The van der Waals surface area contributed by atoms with Crippen molar-refractivity contribution < 1.29 is 9.18 Å². The topological polar surface area (TPSA) is 32.3 Å². The Morgan fingerprint density at radius 2 is 2.06 bits per heavy atom. The maximum atomic E-state index is 13.8. The maximum absolute atomic E-state index is 13.8. The van der Waals surface area contributed by atoms with Crippen LogP contribution in [0.2, 0.25) is 0 Å². The molecule has 2 unspecified atom stereocenters. The van der Waals surface area contributed by atoms with Gasteiger partial charge in [-0.2, -0.15) is 0 Å². The van der Waals surface area contributed by atoms with Gasteiger partial charge in [-0.15, -0.1) is 0 Å². The molecule has 0 aliphatic carbocycles. The fourth-order valence-corrected chi connectivity index (χ4v) is 2.47. The van der Waals surface area contributed by atoms with Crippen LogP contribution >= 0.6 is 0 Å². The highest BCUT2D eigenvalue weighted by atomic mass is 19.1. The van der Waals surface area contributed by atoms with Crippen molar-refractivity contribution in [2.24, 2.45) is 0 Å². The summed E-state index contributed by atoms with van der Waals surface area (Å²) in [5.74, 6) is -0.189. The molecule has 1 aliphatic heterocycles. The van der Waals surface area contributed by atoms with Crippen molar-refractivity contribution in [2.45, 2.75) is 38.9 Å². The van der Waals surface area contributed by atoms with E-state index in [-0.39, 0.29) is 23.9 Å². The smallest absolute Gasteiger partial charge is 0.241 e. The van der Waals surface area contributed by atoms with Crippen LogP contribution in [0.4, 0.5) is 4.39 Å². The molecule has 2 atom stereocenters. The number of hydrogen-bond donors (Lipinski definition) is 1. The summed E-state index contributed by atoms with van der Waals surface area (Å²) < 4.78 is 13.8. The Kier molecular flexibility index (Phi) is 3.97. The quantitative estimate of drug-likeness (QED) is 0.890. The molecular formula is C14H19FN2O. The van der Waals surface area contributed by atoms with Gasteiger partial charge in [-0.3, -0.25) is 10.1 Å². The zero-order valence-corrected chi connectivity index (χ0v) is 10.8. The molecule has 0 radical (unpaired) electrons. The minimum absolute atomic E-state index is 0.0765. The van der Waals surface area contributed by atoms with Crippen molar-refractivity contribution in [1.29, 1.82) is 0 Å². The van der Waals surface area contributed by atoms with Gasteiger partial charge in [0.15, 0.2) is 0 Å². The molecule has 0 spiro atoms. The second-order valence-corrected chi connectivity index (χ2v) is 4.56. The normalized spacial score (nSPS) is 23.7. The number of likely N-dealkylation sites (N-methyl/N-ethyl adjacent to an activating group) is 1. The van der Waals surface area contributed by atoms with Crippen molar-refractivity contribution in [3.05, 3.63) is 35.6 Å². The lowest BCUT2D eigenvalue weighted by Crippen LogP contribution is -2.31. The van der Waals surface area contributed by atoms with Crippen molar-refractivity contribution in [3.63, 3.8) is 0 Å². The van der Waals surface area contributed by atoms with Gasteiger partial charge in [-0.1, -0.05) is 31.5 Å². The number of benzene rings is 1. The van der Waals surface area contributed by atoms with Crippen LogP contribution in [0.15, 0.2) is 24.3 Å². The van der Waals surface area contributed by atoms with Crippen LogP contribution in [0.1, 0.15) is 38.4 Å². The van der Waals surface area contributed by atoms with Gasteiger partial charge in [0.1, 0.15) is 12.0 Å². The summed E-state index contributed by atoms with van der Waals surface area (Å²) in [7, 11) is 0. The molecule has 0 bridgehead atoms. The Balaban J connectivity index is 2.28. The number of carbonyl (C=O) groups excluding carboxylic acids is 1. The second kappa shape index (κ2) is 5.48. The third-order valence-electron chi connectivity index (χ3n) is 3.37. The molecule has 1 aromatic rings. The van der Waals surface area contributed by atoms with E-state index in [4.69, 9.17) is 0 Å². The molecule has 1 saturated heterocycles. The van der Waals surface area contributed by atoms with Crippen LogP contribution in [0.25, 0.3) is 0 Å². The Morgan fingerprint density at radius 1 is 1.33 bits per heavy atom. The highest BCUT2D eigenvalue weighted by Crippen LogP contribution is 2.28. The molecule has 0 saturated carbocycles. The summed E-state index contributed by atoms with van der Waals surface area (Å²) in [6.07, 6.45) is 1.39. The number of amides is 1. The lowest BCUT2D eigenvalue weighted by molar-refractivity contribution is -0.130. The average molecular weight is 250 g/mol. The molecule has 18 heavy (non-hydrogen) atoms. The lowest BCUT2D eigenvalue weighted by atomic mass is 10.1. The predicted octanol–water partition coefficient (Wildman–Crippen LogP) is 2.44. The van der Waals surface area contributed by atoms with E-state index in [0.29, 0.717) is 12.1 Å². The maximum Gasteiger partial charge on any atom is 0.241 e. The summed E-state index contributed by atoms with van der Waals surface area (Å²) in [6.45, 7) is 4.55. The zero-order chi connectivity index (χ0) is 13.1.